The summed E-state index contributed by atoms with van der Waals surface area (Å²) < 4.78 is 36.5. The zero-order chi connectivity index (χ0) is 13.2. The van der Waals surface area contributed by atoms with Crippen molar-refractivity contribution in [1.82, 2.24) is 4.31 Å². The summed E-state index contributed by atoms with van der Waals surface area (Å²) in [6.45, 7) is 1.34. The number of hydrogen-bond donors (Lipinski definition) is 0. The molecule has 1 aliphatic rings. The van der Waals surface area contributed by atoms with Crippen molar-refractivity contribution in [3.63, 3.8) is 0 Å². The van der Waals surface area contributed by atoms with Crippen molar-refractivity contribution >= 4 is 26.0 Å². The second-order valence-electron chi connectivity index (χ2n) is 3.82. The van der Waals surface area contributed by atoms with Crippen LogP contribution in [0, 0.1) is 0 Å². The smallest absolute Gasteiger partial charge is 0.242 e. The minimum atomic E-state index is -3.47. The topological polar surface area (TPSA) is 55.8 Å². The maximum Gasteiger partial charge on any atom is 0.242 e. The van der Waals surface area contributed by atoms with Gasteiger partial charge in [0.05, 0.1) is 4.90 Å². The normalized spacial score (nSPS) is 14.8. The molecule has 0 radical (unpaired) electrons. The van der Waals surface area contributed by atoms with Gasteiger partial charge in [0.2, 0.25) is 10.0 Å². The first kappa shape index (κ1) is 13.6. The predicted molar refractivity (Wildman–Crippen MR) is 71.0 cm³/mol. The van der Waals surface area contributed by atoms with Gasteiger partial charge in [0, 0.05) is 25.0 Å². The summed E-state index contributed by atoms with van der Waals surface area (Å²) in [5.74, 6) is 1.07. The van der Waals surface area contributed by atoms with Crippen LogP contribution in [-0.2, 0) is 10.0 Å². The van der Waals surface area contributed by atoms with E-state index in [0.29, 0.717) is 36.6 Å². The molecule has 7 heteroatoms. The van der Waals surface area contributed by atoms with Crippen LogP contribution in [0.2, 0.25) is 0 Å². The molecule has 1 aliphatic heterocycles. The van der Waals surface area contributed by atoms with Crippen molar-refractivity contribution in [2.75, 3.05) is 32.1 Å². The lowest BCUT2D eigenvalue weighted by Crippen LogP contribution is -2.28. The van der Waals surface area contributed by atoms with Gasteiger partial charge < -0.3 is 9.47 Å². The summed E-state index contributed by atoms with van der Waals surface area (Å²) >= 11 is 3.22. The molecule has 0 bridgehead atoms. The molecule has 0 N–H and O–H groups in total. The van der Waals surface area contributed by atoms with Gasteiger partial charge in [0.15, 0.2) is 11.5 Å². The van der Waals surface area contributed by atoms with E-state index in [1.807, 2.05) is 0 Å². The first-order chi connectivity index (χ1) is 8.55. The van der Waals surface area contributed by atoms with Crippen LogP contribution in [0.4, 0.5) is 0 Å². The molecule has 0 spiro atoms. The molecule has 1 aromatic rings. The highest BCUT2D eigenvalue weighted by Crippen LogP contribution is 2.32. The summed E-state index contributed by atoms with van der Waals surface area (Å²) in [5, 5.41) is 0.591. The molecule has 2 rings (SSSR count). The van der Waals surface area contributed by atoms with E-state index < -0.39 is 10.0 Å². The molecule has 0 unspecified atom stereocenters. The Bertz CT molecular complexity index is 532. The maximum atomic E-state index is 12.2. The Labute approximate surface area is 115 Å². The summed E-state index contributed by atoms with van der Waals surface area (Å²) in [6, 6.07) is 4.67. The molecule has 0 saturated carbocycles. The van der Waals surface area contributed by atoms with Gasteiger partial charge in [0.1, 0.15) is 13.2 Å². The Hall–Kier alpha value is -0.790. The average molecular weight is 336 g/mol. The third-order valence-corrected chi connectivity index (χ3v) is 4.83. The van der Waals surface area contributed by atoms with Gasteiger partial charge >= 0.3 is 0 Å². The van der Waals surface area contributed by atoms with Crippen LogP contribution in [0.25, 0.3) is 0 Å². The first-order valence-electron chi connectivity index (χ1n) is 5.47. The van der Waals surface area contributed by atoms with Crippen LogP contribution in [-0.4, -0.2) is 44.9 Å². The maximum absolute atomic E-state index is 12.2. The van der Waals surface area contributed by atoms with Gasteiger partial charge in [0.25, 0.3) is 0 Å². The number of rotatable bonds is 4. The number of benzene rings is 1. The Kier molecular flexibility index (Phi) is 4.14. The molecule has 18 heavy (non-hydrogen) atoms. The Morgan fingerprint density at radius 2 is 1.94 bits per heavy atom. The largest absolute Gasteiger partial charge is 0.486 e. The summed E-state index contributed by atoms with van der Waals surface area (Å²) in [7, 11) is -1.92. The fourth-order valence-electron chi connectivity index (χ4n) is 1.60. The zero-order valence-corrected chi connectivity index (χ0v) is 12.3. The molecule has 1 heterocycles. The molecular formula is C11H14BrNO4S. The number of alkyl halides is 1. The van der Waals surface area contributed by atoms with E-state index in [2.05, 4.69) is 15.9 Å². The predicted octanol–water partition coefficient (Wildman–Crippen LogP) is 1.47. The van der Waals surface area contributed by atoms with E-state index in [1.165, 1.54) is 16.4 Å². The SMILES string of the molecule is CN(CCBr)S(=O)(=O)c1ccc2c(c1)OCCO2. The van der Waals surface area contributed by atoms with Crippen LogP contribution in [0.5, 0.6) is 11.5 Å². The molecule has 5 nitrogen and oxygen atoms in total. The molecular weight excluding hydrogens is 322 g/mol. The molecule has 100 valence electrons. The van der Waals surface area contributed by atoms with Gasteiger partial charge in [-0.1, -0.05) is 15.9 Å². The highest BCUT2D eigenvalue weighted by molar-refractivity contribution is 9.09. The van der Waals surface area contributed by atoms with Crippen LogP contribution in [0.15, 0.2) is 23.1 Å². The monoisotopic (exact) mass is 335 g/mol. The van der Waals surface area contributed by atoms with Crippen molar-refractivity contribution in [2.45, 2.75) is 4.90 Å². The van der Waals surface area contributed by atoms with Crippen molar-refractivity contribution in [3.8, 4) is 11.5 Å². The molecule has 0 amide bonds. The summed E-state index contributed by atoms with van der Waals surface area (Å²) in [6.07, 6.45) is 0. The van der Waals surface area contributed by atoms with Crippen molar-refractivity contribution < 1.29 is 17.9 Å². The Balaban J connectivity index is 2.33. The third kappa shape index (κ3) is 2.62. The van der Waals surface area contributed by atoms with Crippen LogP contribution < -0.4 is 9.47 Å². The van der Waals surface area contributed by atoms with Crippen LogP contribution in [0.1, 0.15) is 0 Å². The molecule has 0 aromatic heterocycles. The average Bonchev–Trinajstić information content (AvgIpc) is 2.38. The lowest BCUT2D eigenvalue weighted by Gasteiger charge is -2.20. The second kappa shape index (κ2) is 5.46. The number of hydrogen-bond acceptors (Lipinski definition) is 4. The standard InChI is InChI=1S/C11H14BrNO4S/c1-13(5-4-12)18(14,15)9-2-3-10-11(8-9)17-7-6-16-10/h2-3,8H,4-7H2,1H3. The van der Waals surface area contributed by atoms with E-state index in [9.17, 15) is 8.42 Å². The molecule has 0 atom stereocenters. The molecule has 0 saturated heterocycles. The van der Waals surface area contributed by atoms with Crippen LogP contribution in [0.3, 0.4) is 0 Å². The summed E-state index contributed by atoms with van der Waals surface area (Å²) in [5.41, 5.74) is 0. The van der Waals surface area contributed by atoms with E-state index >= 15 is 0 Å². The fraction of sp³-hybridized carbons (Fsp3) is 0.455. The number of ether oxygens (including phenoxy) is 2. The summed E-state index contributed by atoms with van der Waals surface area (Å²) in [4.78, 5) is 0.218. The lowest BCUT2D eigenvalue weighted by molar-refractivity contribution is 0.171. The number of sulfonamides is 1. The first-order valence-corrected chi connectivity index (χ1v) is 8.04. The van der Waals surface area contributed by atoms with Gasteiger partial charge in [-0.3, -0.25) is 0 Å². The number of nitrogens with zero attached hydrogens (tertiary/aromatic N) is 1. The quantitative estimate of drug-likeness (QED) is 0.782. The van der Waals surface area contributed by atoms with E-state index in [-0.39, 0.29) is 4.90 Å². The molecule has 1 aromatic carbocycles. The minimum absolute atomic E-state index is 0.218. The molecule has 0 fully saturated rings. The number of fused-ring (bicyclic) bond motifs is 1. The van der Waals surface area contributed by atoms with Crippen molar-refractivity contribution in [3.05, 3.63) is 18.2 Å². The van der Waals surface area contributed by atoms with Gasteiger partial charge in [-0.05, 0) is 12.1 Å². The van der Waals surface area contributed by atoms with E-state index in [4.69, 9.17) is 9.47 Å². The molecule has 0 aliphatic carbocycles. The van der Waals surface area contributed by atoms with Gasteiger partial charge in [-0.25, -0.2) is 12.7 Å². The number of halogens is 1. The van der Waals surface area contributed by atoms with E-state index in [0.717, 1.165) is 0 Å². The Morgan fingerprint density at radius 1 is 1.28 bits per heavy atom. The van der Waals surface area contributed by atoms with Crippen LogP contribution >= 0.6 is 15.9 Å². The second-order valence-corrected chi connectivity index (χ2v) is 6.66. The Morgan fingerprint density at radius 3 is 2.61 bits per heavy atom. The highest BCUT2D eigenvalue weighted by atomic mass is 79.9. The highest BCUT2D eigenvalue weighted by Gasteiger charge is 2.23. The van der Waals surface area contributed by atoms with Gasteiger partial charge in [-0.15, -0.1) is 0 Å². The van der Waals surface area contributed by atoms with Crippen molar-refractivity contribution in [1.29, 1.82) is 0 Å². The zero-order valence-electron chi connectivity index (χ0n) is 9.93. The minimum Gasteiger partial charge on any atom is -0.486 e. The lowest BCUT2D eigenvalue weighted by atomic mass is 10.3. The fourth-order valence-corrected chi connectivity index (χ4v) is 3.56. The van der Waals surface area contributed by atoms with Gasteiger partial charge in [-0.2, -0.15) is 0 Å². The van der Waals surface area contributed by atoms with Crippen molar-refractivity contribution in [2.24, 2.45) is 0 Å². The van der Waals surface area contributed by atoms with E-state index in [1.54, 1.807) is 13.1 Å². The third-order valence-electron chi connectivity index (χ3n) is 2.62.